The topological polar surface area (TPSA) is 45.6 Å². The number of fused-ring (bicyclic) bond motifs is 5. The first kappa shape index (κ1) is 31.4. The van der Waals surface area contributed by atoms with Gasteiger partial charge in [-0.3, -0.25) is 4.57 Å². The number of nitrogens with zero attached hydrogens (tertiary/aromatic N) is 4. The van der Waals surface area contributed by atoms with Crippen molar-refractivity contribution in [2.45, 2.75) is 37.5 Å². The standard InChI is InChI=1S/C48H42BN5O/c1-3-13-43-40(11-1)41-17-16-39(55-38-10-7-9-37(29-38)53-31-51-42-12-2-4-14-44(42)53)30-45(41)54(43)47-28-34(18-20-50-47)48(35-24-32-23-33(26-35)27-36(48)25-32)46-15-8-22-52-21-6-5-19-49(46)52/h1-22,28-30,32-33,35-36,51H,23-27,31H2. The number of pyridine rings is 1. The number of allylic oxidation sites excluding steroid dienone is 5. The quantitative estimate of drug-likeness (QED) is 0.174. The van der Waals surface area contributed by atoms with E-state index in [2.05, 4.69) is 166 Å². The van der Waals surface area contributed by atoms with Gasteiger partial charge in [0.05, 0.1) is 29.1 Å². The fraction of sp³-hybridized carbons (Fsp3) is 0.229. The molecule has 0 amide bonds. The second-order valence-electron chi connectivity index (χ2n) is 16.6. The van der Waals surface area contributed by atoms with Crippen LogP contribution >= 0.6 is 0 Å². The maximum atomic E-state index is 6.68. The zero-order chi connectivity index (χ0) is 36.1. The lowest BCUT2D eigenvalue weighted by Crippen LogP contribution is -2.60. The van der Waals surface area contributed by atoms with E-state index in [4.69, 9.17) is 9.72 Å². The van der Waals surface area contributed by atoms with E-state index in [0.717, 1.165) is 58.2 Å². The van der Waals surface area contributed by atoms with Crippen LogP contribution in [0.4, 0.5) is 17.1 Å². The van der Waals surface area contributed by atoms with Crippen molar-refractivity contribution in [3.05, 3.63) is 163 Å². The summed E-state index contributed by atoms with van der Waals surface area (Å²) in [5.41, 5.74) is 8.65. The molecule has 0 radical (unpaired) electrons. The van der Waals surface area contributed by atoms with E-state index in [0.29, 0.717) is 11.8 Å². The van der Waals surface area contributed by atoms with Crippen LogP contribution in [-0.2, 0) is 5.41 Å². The van der Waals surface area contributed by atoms with Gasteiger partial charge in [0.2, 0.25) is 0 Å². The van der Waals surface area contributed by atoms with Gasteiger partial charge < -0.3 is 19.8 Å². The third-order valence-electron chi connectivity index (χ3n) is 13.8. The van der Waals surface area contributed by atoms with Gasteiger partial charge in [-0.05, 0) is 140 Å². The first-order valence-corrected chi connectivity index (χ1v) is 20.1. The third-order valence-corrected chi connectivity index (χ3v) is 13.8. The number of hydrogen-bond acceptors (Lipinski definition) is 5. The molecule has 5 heterocycles. The second kappa shape index (κ2) is 12.0. The summed E-state index contributed by atoms with van der Waals surface area (Å²) in [7, 11) is 0. The van der Waals surface area contributed by atoms with Crippen LogP contribution in [-0.4, -0.2) is 27.9 Å². The van der Waals surface area contributed by atoms with Crippen LogP contribution in [0.5, 0.6) is 11.5 Å². The third kappa shape index (κ3) is 4.71. The summed E-state index contributed by atoms with van der Waals surface area (Å²) in [5, 5.41) is 5.93. The Kier molecular flexibility index (Phi) is 6.87. The Bertz CT molecular complexity index is 2620. The lowest BCUT2D eigenvalue weighted by molar-refractivity contribution is -0.0411. The molecule has 6 aromatic rings. The second-order valence-corrected chi connectivity index (χ2v) is 16.6. The number of hydrogen-bond donors (Lipinski definition) is 1. The van der Waals surface area contributed by atoms with Crippen LogP contribution in [0.15, 0.2) is 157 Å². The van der Waals surface area contributed by atoms with Gasteiger partial charge in [0.25, 0.3) is 0 Å². The van der Waals surface area contributed by atoms with E-state index >= 15 is 0 Å². The number of nitrogens with one attached hydrogen (secondary N) is 1. The molecular formula is C48H42BN5O. The van der Waals surface area contributed by atoms with E-state index in [1.54, 1.807) is 5.47 Å². The highest BCUT2D eigenvalue weighted by molar-refractivity contribution is 6.70. The normalized spacial score (nSPS) is 25.7. The summed E-state index contributed by atoms with van der Waals surface area (Å²) in [4.78, 5) is 9.88. The monoisotopic (exact) mass is 715 g/mol. The molecule has 6 nitrogen and oxygen atoms in total. The molecule has 13 rings (SSSR count). The Labute approximate surface area is 322 Å². The predicted molar refractivity (Wildman–Crippen MR) is 224 cm³/mol. The summed E-state index contributed by atoms with van der Waals surface area (Å²) in [6.45, 7) is 0.970. The van der Waals surface area contributed by atoms with Gasteiger partial charge in [0.15, 0.2) is 0 Å². The highest BCUT2D eigenvalue weighted by Crippen LogP contribution is 2.66. The average molecular weight is 716 g/mol. The molecule has 268 valence electrons. The minimum absolute atomic E-state index is 0.0300. The van der Waals surface area contributed by atoms with Gasteiger partial charge >= 0.3 is 6.85 Å². The van der Waals surface area contributed by atoms with Gasteiger partial charge in [-0.15, -0.1) is 0 Å². The molecule has 55 heavy (non-hydrogen) atoms. The zero-order valence-electron chi connectivity index (χ0n) is 30.8. The highest BCUT2D eigenvalue weighted by Gasteiger charge is 2.61. The maximum Gasteiger partial charge on any atom is 0.316 e. The Hall–Kier alpha value is -5.95. The van der Waals surface area contributed by atoms with Crippen molar-refractivity contribution in [3.63, 3.8) is 0 Å². The SMILES string of the molecule is C1=CB2C(C3(c4ccnc(-n5c6ccccc6c6ccc(Oc7cccc(N8CNc9ccccc98)c7)cc65)c4)C4CC5CC(C4)CC3C5)=CC=CN2C=C1. The number of ether oxygens (including phenoxy) is 1. The van der Waals surface area contributed by atoms with Gasteiger partial charge in [-0.25, -0.2) is 4.98 Å². The van der Waals surface area contributed by atoms with Crippen molar-refractivity contribution in [2.75, 3.05) is 16.9 Å². The number of benzene rings is 4. The Morgan fingerprint density at radius 1 is 0.709 bits per heavy atom. The van der Waals surface area contributed by atoms with Crippen LogP contribution in [0.1, 0.15) is 37.7 Å². The van der Waals surface area contributed by atoms with Crippen LogP contribution in [0.25, 0.3) is 27.6 Å². The zero-order valence-corrected chi connectivity index (χ0v) is 30.8. The molecule has 4 fully saturated rings. The molecule has 1 N–H and O–H groups in total. The number of aromatic nitrogens is 2. The molecule has 4 saturated carbocycles. The molecule has 2 aromatic heterocycles. The lowest BCUT2D eigenvalue weighted by Gasteiger charge is -2.63. The van der Waals surface area contributed by atoms with Crippen LogP contribution < -0.4 is 15.0 Å². The molecule has 0 spiro atoms. The van der Waals surface area contributed by atoms with Crippen molar-refractivity contribution >= 4 is 45.7 Å². The molecule has 4 aromatic carbocycles. The molecule has 7 aliphatic rings. The van der Waals surface area contributed by atoms with E-state index in [9.17, 15) is 0 Å². The number of rotatable bonds is 6. The average Bonchev–Trinajstić information content (AvgIpc) is 3.80. The van der Waals surface area contributed by atoms with E-state index in [1.807, 2.05) is 6.07 Å². The first-order chi connectivity index (χ1) is 27.2. The fourth-order valence-electron chi connectivity index (χ4n) is 11.9. The molecule has 0 atom stereocenters. The molecule has 3 aliphatic heterocycles. The minimum atomic E-state index is -0.0300. The van der Waals surface area contributed by atoms with E-state index in [-0.39, 0.29) is 12.3 Å². The molecule has 7 heteroatoms. The van der Waals surface area contributed by atoms with Crippen molar-refractivity contribution in [1.29, 1.82) is 0 Å². The predicted octanol–water partition coefficient (Wildman–Crippen LogP) is 11.1. The van der Waals surface area contributed by atoms with Crippen LogP contribution in [0.2, 0.25) is 0 Å². The summed E-state index contributed by atoms with van der Waals surface area (Å²) < 4.78 is 9.05. The van der Waals surface area contributed by atoms with Gasteiger partial charge in [0.1, 0.15) is 17.3 Å². The summed E-state index contributed by atoms with van der Waals surface area (Å²) in [6.07, 6.45) is 22.5. The molecule has 4 aliphatic carbocycles. The van der Waals surface area contributed by atoms with Gasteiger partial charge in [-0.2, -0.15) is 0 Å². The smallest absolute Gasteiger partial charge is 0.316 e. The van der Waals surface area contributed by atoms with Crippen LogP contribution in [0, 0.1) is 23.7 Å². The molecule has 4 bridgehead atoms. The maximum absolute atomic E-state index is 6.68. The van der Waals surface area contributed by atoms with Gasteiger partial charge in [-0.1, -0.05) is 60.0 Å². The molecular weight excluding hydrogens is 673 g/mol. The Morgan fingerprint density at radius 2 is 1.51 bits per heavy atom. The highest BCUT2D eigenvalue weighted by atomic mass is 16.5. The van der Waals surface area contributed by atoms with Crippen LogP contribution in [0.3, 0.4) is 0 Å². The molecule has 0 saturated heterocycles. The Morgan fingerprint density at radius 3 is 2.42 bits per heavy atom. The number of anilines is 3. The van der Waals surface area contributed by atoms with E-state index in [1.165, 1.54) is 54.1 Å². The van der Waals surface area contributed by atoms with Crippen molar-refractivity contribution in [1.82, 2.24) is 14.4 Å². The van der Waals surface area contributed by atoms with E-state index < -0.39 is 0 Å². The molecule has 0 unspecified atom stereocenters. The van der Waals surface area contributed by atoms with Crippen molar-refractivity contribution in [3.8, 4) is 17.3 Å². The first-order valence-electron chi connectivity index (χ1n) is 20.1. The minimum Gasteiger partial charge on any atom is -0.457 e. The van der Waals surface area contributed by atoms with Crippen molar-refractivity contribution < 1.29 is 4.74 Å². The lowest BCUT2D eigenvalue weighted by atomic mass is 9.33. The fourth-order valence-corrected chi connectivity index (χ4v) is 11.9. The van der Waals surface area contributed by atoms with Gasteiger partial charge in [0, 0.05) is 40.2 Å². The Balaban J connectivity index is 0.974. The summed E-state index contributed by atoms with van der Waals surface area (Å²) >= 11 is 0. The largest absolute Gasteiger partial charge is 0.457 e. The number of para-hydroxylation sites is 3. The summed E-state index contributed by atoms with van der Waals surface area (Å²) in [5.74, 6) is 8.01. The summed E-state index contributed by atoms with van der Waals surface area (Å²) in [6, 6.07) is 36.9. The van der Waals surface area contributed by atoms with Crippen molar-refractivity contribution in [2.24, 2.45) is 23.7 Å².